The first-order chi connectivity index (χ1) is 11.2. The van der Waals surface area contributed by atoms with Gasteiger partial charge in [0.15, 0.2) is 0 Å². The van der Waals surface area contributed by atoms with Gasteiger partial charge in [-0.2, -0.15) is 4.80 Å². The number of aromatic nitrogens is 4. The van der Waals surface area contributed by atoms with Gasteiger partial charge in [0, 0.05) is 12.1 Å². The van der Waals surface area contributed by atoms with Gasteiger partial charge in [0.05, 0.1) is 0 Å². The van der Waals surface area contributed by atoms with Crippen LogP contribution >= 0.6 is 0 Å². The Kier molecular flexibility index (Phi) is 4.97. The predicted octanol–water partition coefficient (Wildman–Crippen LogP) is 1.02. The minimum Gasteiger partial charge on any atom is -0.354 e. The summed E-state index contributed by atoms with van der Waals surface area (Å²) in [7, 11) is 0. The van der Waals surface area contributed by atoms with Gasteiger partial charge in [0.2, 0.25) is 11.7 Å². The van der Waals surface area contributed by atoms with E-state index in [-0.39, 0.29) is 5.91 Å². The molecule has 0 saturated carbocycles. The van der Waals surface area contributed by atoms with E-state index < -0.39 is 6.04 Å². The molecular weight excluding hydrogens is 292 g/mol. The second kappa shape index (κ2) is 7.32. The van der Waals surface area contributed by atoms with Gasteiger partial charge in [-0.15, -0.1) is 10.2 Å². The number of carbonyl (C=O) groups is 1. The quantitative estimate of drug-likeness (QED) is 0.860. The van der Waals surface area contributed by atoms with Gasteiger partial charge in [-0.25, -0.2) is 0 Å². The molecule has 1 amide bonds. The van der Waals surface area contributed by atoms with Crippen LogP contribution in [0.1, 0.15) is 25.8 Å². The van der Waals surface area contributed by atoms with Gasteiger partial charge in [-0.05, 0) is 44.0 Å². The normalized spacial score (nSPS) is 19.3. The zero-order valence-corrected chi connectivity index (χ0v) is 13.3. The molecule has 7 heteroatoms. The second-order valence-corrected chi connectivity index (χ2v) is 5.93. The van der Waals surface area contributed by atoms with Crippen molar-refractivity contribution >= 4 is 5.91 Å². The molecule has 1 aliphatic heterocycles. The minimum absolute atomic E-state index is 0.0763. The topological polar surface area (TPSA) is 84.7 Å². The fraction of sp³-hybridized carbons (Fsp3) is 0.500. The summed E-state index contributed by atoms with van der Waals surface area (Å²) in [5, 5.41) is 18.7. The monoisotopic (exact) mass is 314 g/mol. The summed E-state index contributed by atoms with van der Waals surface area (Å²) in [5.41, 5.74) is 0.889. The lowest BCUT2D eigenvalue weighted by atomic mass is 10.00. The Morgan fingerprint density at radius 2 is 2.26 bits per heavy atom. The Bertz CT molecular complexity index is 635. The van der Waals surface area contributed by atoms with Crippen LogP contribution in [0.15, 0.2) is 30.3 Å². The smallest absolute Gasteiger partial charge is 0.246 e. The number of tetrazole rings is 1. The van der Waals surface area contributed by atoms with E-state index in [9.17, 15) is 4.79 Å². The lowest BCUT2D eigenvalue weighted by Crippen LogP contribution is -2.40. The van der Waals surface area contributed by atoms with Gasteiger partial charge in [-0.1, -0.05) is 30.3 Å². The predicted molar refractivity (Wildman–Crippen MR) is 86.6 cm³/mol. The summed E-state index contributed by atoms with van der Waals surface area (Å²) in [6.07, 6.45) is 2.32. The molecule has 2 aromatic rings. The largest absolute Gasteiger partial charge is 0.354 e. The lowest BCUT2D eigenvalue weighted by Gasteiger charge is -2.23. The van der Waals surface area contributed by atoms with E-state index in [0.29, 0.717) is 18.3 Å². The number of hydrogen-bond donors (Lipinski definition) is 2. The third kappa shape index (κ3) is 3.92. The van der Waals surface area contributed by atoms with Gasteiger partial charge < -0.3 is 10.6 Å². The maximum absolute atomic E-state index is 12.3. The average molecular weight is 314 g/mol. The van der Waals surface area contributed by atoms with Crippen molar-refractivity contribution in [1.82, 2.24) is 30.8 Å². The summed E-state index contributed by atoms with van der Waals surface area (Å²) in [5.74, 6) is 0.956. The highest BCUT2D eigenvalue weighted by Crippen LogP contribution is 2.14. The van der Waals surface area contributed by atoms with E-state index in [1.165, 1.54) is 11.2 Å². The van der Waals surface area contributed by atoms with Gasteiger partial charge in [0.25, 0.3) is 0 Å². The van der Waals surface area contributed by atoms with Gasteiger partial charge in [0.1, 0.15) is 6.04 Å². The molecule has 1 fully saturated rings. The van der Waals surface area contributed by atoms with E-state index in [4.69, 9.17) is 0 Å². The van der Waals surface area contributed by atoms with E-state index in [0.717, 1.165) is 25.1 Å². The van der Waals surface area contributed by atoms with Crippen molar-refractivity contribution in [2.45, 2.75) is 25.8 Å². The first-order valence-corrected chi connectivity index (χ1v) is 8.07. The van der Waals surface area contributed by atoms with Crippen LogP contribution < -0.4 is 10.6 Å². The molecule has 1 aliphatic rings. The van der Waals surface area contributed by atoms with Crippen molar-refractivity contribution in [3.63, 3.8) is 0 Å². The molecule has 3 rings (SSSR count). The van der Waals surface area contributed by atoms with Crippen LogP contribution in [0.2, 0.25) is 0 Å². The molecule has 23 heavy (non-hydrogen) atoms. The molecule has 1 aromatic carbocycles. The molecule has 0 bridgehead atoms. The number of amides is 1. The zero-order chi connectivity index (χ0) is 16.1. The van der Waals surface area contributed by atoms with Crippen LogP contribution in [0, 0.1) is 5.92 Å². The Morgan fingerprint density at radius 1 is 1.43 bits per heavy atom. The third-order valence-corrected chi connectivity index (χ3v) is 4.15. The molecule has 7 nitrogen and oxygen atoms in total. The van der Waals surface area contributed by atoms with Crippen LogP contribution in [-0.2, 0) is 4.79 Å². The van der Waals surface area contributed by atoms with E-state index in [1.807, 2.05) is 30.3 Å². The van der Waals surface area contributed by atoms with Gasteiger partial charge in [-0.3, -0.25) is 4.79 Å². The molecule has 0 radical (unpaired) electrons. The molecule has 1 aromatic heterocycles. The van der Waals surface area contributed by atoms with Crippen molar-refractivity contribution in [3.8, 4) is 11.4 Å². The maximum atomic E-state index is 12.3. The van der Waals surface area contributed by atoms with E-state index in [1.54, 1.807) is 6.92 Å². The highest BCUT2D eigenvalue weighted by molar-refractivity contribution is 5.79. The highest BCUT2D eigenvalue weighted by atomic mass is 16.2. The van der Waals surface area contributed by atoms with Crippen molar-refractivity contribution < 1.29 is 4.79 Å². The first-order valence-electron chi connectivity index (χ1n) is 8.07. The number of carbonyl (C=O) groups excluding carboxylic acids is 1. The number of nitrogens with zero attached hydrogens (tertiary/aromatic N) is 4. The third-order valence-electron chi connectivity index (χ3n) is 4.15. The van der Waals surface area contributed by atoms with E-state index >= 15 is 0 Å². The van der Waals surface area contributed by atoms with Crippen molar-refractivity contribution in [3.05, 3.63) is 30.3 Å². The standard InChI is InChI=1S/C16H22N6O/c1-12(16(23)18-11-13-6-5-9-17-10-13)22-20-15(19-21-22)14-7-3-2-4-8-14/h2-4,7-8,12-13,17H,5-6,9-11H2,1H3,(H,18,23). The number of benzene rings is 1. The van der Waals surface area contributed by atoms with Crippen LogP contribution in [0.5, 0.6) is 0 Å². The molecule has 2 atom stereocenters. The van der Waals surface area contributed by atoms with E-state index in [2.05, 4.69) is 26.0 Å². The highest BCUT2D eigenvalue weighted by Gasteiger charge is 2.20. The maximum Gasteiger partial charge on any atom is 0.246 e. The van der Waals surface area contributed by atoms with Crippen molar-refractivity contribution in [2.24, 2.45) is 5.92 Å². The van der Waals surface area contributed by atoms with Crippen LogP contribution in [0.25, 0.3) is 11.4 Å². The molecule has 122 valence electrons. The number of hydrogen-bond acceptors (Lipinski definition) is 5. The molecule has 0 aliphatic carbocycles. The summed E-state index contributed by atoms with van der Waals surface area (Å²) < 4.78 is 0. The second-order valence-electron chi connectivity index (χ2n) is 5.93. The fourth-order valence-corrected chi connectivity index (χ4v) is 2.69. The summed E-state index contributed by atoms with van der Waals surface area (Å²) in [4.78, 5) is 13.6. The average Bonchev–Trinajstić information content (AvgIpc) is 3.11. The number of piperidine rings is 1. The summed E-state index contributed by atoms with van der Waals surface area (Å²) in [6, 6.07) is 9.14. The minimum atomic E-state index is -0.475. The zero-order valence-electron chi connectivity index (χ0n) is 13.3. The van der Waals surface area contributed by atoms with Gasteiger partial charge >= 0.3 is 0 Å². The lowest BCUT2D eigenvalue weighted by molar-refractivity contribution is -0.124. The number of rotatable bonds is 5. The SMILES string of the molecule is CC(C(=O)NCC1CCCNC1)n1nnc(-c2ccccc2)n1. The Balaban J connectivity index is 1.58. The van der Waals surface area contributed by atoms with Crippen molar-refractivity contribution in [1.29, 1.82) is 0 Å². The fourth-order valence-electron chi connectivity index (χ4n) is 2.69. The Labute approximate surface area is 135 Å². The summed E-state index contributed by atoms with van der Waals surface area (Å²) >= 11 is 0. The Morgan fingerprint density at radius 3 is 3.00 bits per heavy atom. The van der Waals surface area contributed by atoms with Crippen LogP contribution in [0.4, 0.5) is 0 Å². The summed E-state index contributed by atoms with van der Waals surface area (Å²) in [6.45, 7) is 4.52. The molecule has 1 saturated heterocycles. The molecule has 2 heterocycles. The molecular formula is C16H22N6O. The molecule has 0 spiro atoms. The molecule has 2 N–H and O–H groups in total. The van der Waals surface area contributed by atoms with Crippen molar-refractivity contribution in [2.75, 3.05) is 19.6 Å². The Hall–Kier alpha value is -2.28. The van der Waals surface area contributed by atoms with Crippen LogP contribution in [-0.4, -0.2) is 45.7 Å². The number of nitrogens with one attached hydrogen (secondary N) is 2. The van der Waals surface area contributed by atoms with Crippen LogP contribution in [0.3, 0.4) is 0 Å². The first kappa shape index (κ1) is 15.6. The molecule has 2 unspecified atom stereocenters.